The Kier molecular flexibility index (Phi) is 3.76. The summed E-state index contributed by atoms with van der Waals surface area (Å²) in [5, 5.41) is 0. The van der Waals surface area contributed by atoms with Gasteiger partial charge in [-0.3, -0.25) is 4.90 Å². The lowest BCUT2D eigenvalue weighted by molar-refractivity contribution is 0.201. The predicted molar refractivity (Wildman–Crippen MR) is 77.2 cm³/mol. The summed E-state index contributed by atoms with van der Waals surface area (Å²) in [7, 11) is 0. The largest absolute Gasteiger partial charge is 0.494 e. The van der Waals surface area contributed by atoms with E-state index in [2.05, 4.69) is 17.0 Å². The van der Waals surface area contributed by atoms with E-state index in [0.717, 1.165) is 24.3 Å². The first-order chi connectivity index (χ1) is 9.26. The van der Waals surface area contributed by atoms with Gasteiger partial charge in [0.05, 0.1) is 6.61 Å². The number of fused-ring (bicyclic) bond motifs is 2. The van der Waals surface area contributed by atoms with Crippen LogP contribution in [0.2, 0.25) is 0 Å². The van der Waals surface area contributed by atoms with Crippen LogP contribution < -0.4 is 10.5 Å². The zero-order valence-electron chi connectivity index (χ0n) is 11.7. The zero-order valence-corrected chi connectivity index (χ0v) is 11.7. The van der Waals surface area contributed by atoms with Crippen LogP contribution in [0.4, 0.5) is 0 Å². The molecule has 1 saturated heterocycles. The third kappa shape index (κ3) is 2.77. The minimum absolute atomic E-state index is 0.120. The fraction of sp³-hybridized carbons (Fsp3) is 0.625. The third-order valence-corrected chi connectivity index (χ3v) is 4.57. The van der Waals surface area contributed by atoms with Crippen molar-refractivity contribution in [2.75, 3.05) is 19.7 Å². The topological polar surface area (TPSA) is 38.5 Å². The normalized spacial score (nSPS) is 27.7. The minimum Gasteiger partial charge on any atom is -0.494 e. The van der Waals surface area contributed by atoms with Gasteiger partial charge in [-0.25, -0.2) is 0 Å². The maximum Gasteiger partial charge on any atom is 0.119 e. The highest BCUT2D eigenvalue weighted by Crippen LogP contribution is 2.37. The lowest BCUT2D eigenvalue weighted by atomic mass is 10.1. The predicted octanol–water partition coefficient (Wildman–Crippen LogP) is 2.57. The van der Waals surface area contributed by atoms with Gasteiger partial charge in [0, 0.05) is 25.2 Å². The van der Waals surface area contributed by atoms with E-state index in [9.17, 15) is 0 Å². The molecule has 3 atom stereocenters. The van der Waals surface area contributed by atoms with Crippen LogP contribution in [0.5, 0.6) is 5.75 Å². The summed E-state index contributed by atoms with van der Waals surface area (Å²) >= 11 is 0. The third-order valence-electron chi connectivity index (χ3n) is 4.57. The maximum atomic E-state index is 6.35. The Morgan fingerprint density at radius 3 is 2.68 bits per heavy atom. The van der Waals surface area contributed by atoms with E-state index in [4.69, 9.17) is 10.5 Å². The van der Waals surface area contributed by atoms with Gasteiger partial charge in [0.25, 0.3) is 0 Å². The van der Waals surface area contributed by atoms with Crippen molar-refractivity contribution in [2.45, 2.75) is 38.3 Å². The minimum atomic E-state index is 0.120. The van der Waals surface area contributed by atoms with Gasteiger partial charge in [-0.15, -0.1) is 0 Å². The van der Waals surface area contributed by atoms with E-state index < -0.39 is 0 Å². The Bertz CT molecular complexity index is 417. The van der Waals surface area contributed by atoms with Crippen LogP contribution in [0, 0.1) is 5.92 Å². The van der Waals surface area contributed by atoms with E-state index in [1.165, 1.54) is 31.4 Å². The average Bonchev–Trinajstić information content (AvgIpc) is 3.02. The summed E-state index contributed by atoms with van der Waals surface area (Å²) in [6.07, 6.45) is 4.20. The highest BCUT2D eigenvalue weighted by atomic mass is 16.5. The molecule has 0 amide bonds. The van der Waals surface area contributed by atoms with Crippen LogP contribution in [-0.4, -0.2) is 30.6 Å². The first kappa shape index (κ1) is 12.9. The van der Waals surface area contributed by atoms with Gasteiger partial charge in [0.2, 0.25) is 0 Å². The molecule has 3 unspecified atom stereocenters. The Labute approximate surface area is 115 Å². The van der Waals surface area contributed by atoms with Crippen molar-refractivity contribution in [1.82, 2.24) is 4.90 Å². The molecule has 3 rings (SSSR count). The molecule has 2 bridgehead atoms. The average molecular weight is 260 g/mol. The molecule has 2 aliphatic rings. The maximum absolute atomic E-state index is 6.35. The molecule has 1 aliphatic heterocycles. The molecule has 2 N–H and O–H groups in total. The molecule has 1 aromatic rings. The summed E-state index contributed by atoms with van der Waals surface area (Å²) in [6.45, 7) is 4.97. The Morgan fingerprint density at radius 1 is 1.32 bits per heavy atom. The van der Waals surface area contributed by atoms with Crippen LogP contribution in [-0.2, 0) is 0 Å². The van der Waals surface area contributed by atoms with Gasteiger partial charge in [-0.2, -0.15) is 0 Å². The first-order valence-electron chi connectivity index (χ1n) is 7.48. The summed E-state index contributed by atoms with van der Waals surface area (Å²) in [6, 6.07) is 9.17. The molecule has 1 aliphatic carbocycles. The Hall–Kier alpha value is -1.06. The van der Waals surface area contributed by atoms with Crippen LogP contribution >= 0.6 is 0 Å². The van der Waals surface area contributed by atoms with Crippen LogP contribution in [0.25, 0.3) is 0 Å². The molecule has 19 heavy (non-hydrogen) atoms. The lowest BCUT2D eigenvalue weighted by Crippen LogP contribution is -2.37. The molecule has 3 nitrogen and oxygen atoms in total. The summed E-state index contributed by atoms with van der Waals surface area (Å²) in [4.78, 5) is 2.59. The van der Waals surface area contributed by atoms with Crippen molar-refractivity contribution in [2.24, 2.45) is 11.7 Å². The molecule has 3 heteroatoms. The molecule has 1 saturated carbocycles. The quantitative estimate of drug-likeness (QED) is 0.884. The molecule has 1 aromatic carbocycles. The highest BCUT2D eigenvalue weighted by molar-refractivity contribution is 5.29. The van der Waals surface area contributed by atoms with Crippen molar-refractivity contribution in [3.8, 4) is 5.75 Å². The second-order valence-corrected chi connectivity index (χ2v) is 5.90. The first-order valence-corrected chi connectivity index (χ1v) is 7.48. The van der Waals surface area contributed by atoms with Crippen molar-refractivity contribution < 1.29 is 4.74 Å². The Balaban J connectivity index is 1.59. The van der Waals surface area contributed by atoms with Gasteiger partial charge in [-0.05, 0) is 49.8 Å². The molecule has 2 fully saturated rings. The number of hydrogen-bond donors (Lipinski definition) is 1. The summed E-state index contributed by atoms with van der Waals surface area (Å²) in [5.41, 5.74) is 7.56. The fourth-order valence-electron chi connectivity index (χ4n) is 3.59. The molecule has 0 radical (unpaired) electrons. The van der Waals surface area contributed by atoms with Crippen LogP contribution in [0.3, 0.4) is 0 Å². The van der Waals surface area contributed by atoms with E-state index in [1.807, 2.05) is 19.1 Å². The van der Waals surface area contributed by atoms with Gasteiger partial charge in [0.15, 0.2) is 0 Å². The molecule has 1 heterocycles. The monoisotopic (exact) mass is 260 g/mol. The summed E-state index contributed by atoms with van der Waals surface area (Å²) in [5.74, 6) is 1.87. The highest BCUT2D eigenvalue weighted by Gasteiger charge is 2.37. The molecule has 0 aromatic heterocycles. The number of ether oxygens (including phenoxy) is 1. The SMILES string of the molecule is CCOc1ccc(C(N)CN2CC3CCC2C3)cc1. The summed E-state index contributed by atoms with van der Waals surface area (Å²) < 4.78 is 5.46. The lowest BCUT2D eigenvalue weighted by Gasteiger charge is -2.29. The van der Waals surface area contributed by atoms with Crippen molar-refractivity contribution in [3.63, 3.8) is 0 Å². The zero-order chi connectivity index (χ0) is 13.2. The number of rotatable bonds is 5. The number of nitrogens with zero attached hydrogens (tertiary/aromatic N) is 1. The van der Waals surface area contributed by atoms with E-state index in [0.29, 0.717) is 6.61 Å². The number of piperidine rings is 1. The number of nitrogens with two attached hydrogens (primary N) is 1. The van der Waals surface area contributed by atoms with Gasteiger partial charge < -0.3 is 10.5 Å². The van der Waals surface area contributed by atoms with Crippen molar-refractivity contribution in [1.29, 1.82) is 0 Å². The van der Waals surface area contributed by atoms with Crippen molar-refractivity contribution >= 4 is 0 Å². The molecular formula is C16H24N2O. The number of benzene rings is 1. The van der Waals surface area contributed by atoms with E-state index in [-0.39, 0.29) is 6.04 Å². The Morgan fingerprint density at radius 2 is 2.11 bits per heavy atom. The molecular weight excluding hydrogens is 236 g/mol. The second-order valence-electron chi connectivity index (χ2n) is 5.90. The second kappa shape index (κ2) is 5.51. The van der Waals surface area contributed by atoms with E-state index in [1.54, 1.807) is 0 Å². The standard InChI is InChI=1S/C16H24N2O/c1-2-19-15-7-4-13(5-8-15)16(17)11-18-10-12-3-6-14(18)9-12/h4-5,7-8,12,14,16H,2-3,6,9-11,17H2,1H3. The smallest absolute Gasteiger partial charge is 0.119 e. The molecule has 0 spiro atoms. The number of hydrogen-bond acceptors (Lipinski definition) is 3. The fourth-order valence-corrected chi connectivity index (χ4v) is 3.59. The van der Waals surface area contributed by atoms with Crippen LogP contribution in [0.1, 0.15) is 37.8 Å². The van der Waals surface area contributed by atoms with Gasteiger partial charge in [-0.1, -0.05) is 12.1 Å². The van der Waals surface area contributed by atoms with Crippen LogP contribution in [0.15, 0.2) is 24.3 Å². The van der Waals surface area contributed by atoms with Gasteiger partial charge >= 0.3 is 0 Å². The molecule has 104 valence electrons. The van der Waals surface area contributed by atoms with E-state index >= 15 is 0 Å². The van der Waals surface area contributed by atoms with Crippen molar-refractivity contribution in [3.05, 3.63) is 29.8 Å². The van der Waals surface area contributed by atoms with Gasteiger partial charge in [0.1, 0.15) is 5.75 Å². The number of likely N-dealkylation sites (tertiary alicyclic amines) is 1.